The molecule has 85 heavy (non-hydrogen) atoms. The van der Waals surface area contributed by atoms with Crippen molar-refractivity contribution < 1.29 is 42.9 Å². The number of fused-ring (bicyclic) bond motifs is 1. The Kier molecular flexibility index (Phi) is 25.0. The fourth-order valence-corrected chi connectivity index (χ4v) is 10.1. The number of nitrogens with zero attached hydrogens (tertiary/aromatic N) is 10. The van der Waals surface area contributed by atoms with E-state index in [-0.39, 0.29) is 43.1 Å². The van der Waals surface area contributed by atoms with Crippen molar-refractivity contribution in [2.24, 2.45) is 0 Å². The number of aromatic nitrogens is 6. The molecule has 4 aromatic heterocycles. The number of hydrogen-bond donors (Lipinski definition) is 3. The molecule has 0 radical (unpaired) electrons. The van der Waals surface area contributed by atoms with Crippen LogP contribution in [-0.2, 0) is 54.4 Å². The van der Waals surface area contributed by atoms with Gasteiger partial charge in [-0.3, -0.25) is 19.7 Å². The summed E-state index contributed by atoms with van der Waals surface area (Å²) in [6.45, 7) is 17.3. The van der Waals surface area contributed by atoms with E-state index in [1.54, 1.807) is 62.0 Å². The molecular weight excluding hydrogens is 1100 g/mol. The van der Waals surface area contributed by atoms with Crippen molar-refractivity contribution >= 4 is 51.4 Å². The predicted octanol–water partition coefficient (Wildman–Crippen LogP) is 6.88. The highest BCUT2D eigenvalue weighted by Gasteiger charge is 2.42. The van der Waals surface area contributed by atoms with Crippen LogP contribution in [0.5, 0.6) is 11.5 Å². The Bertz CT molecular complexity index is 3060. The van der Waals surface area contributed by atoms with Gasteiger partial charge >= 0.3 is 6.03 Å². The maximum atomic E-state index is 14.0. The molecule has 22 nitrogen and oxygen atoms in total. The van der Waals surface area contributed by atoms with Crippen LogP contribution in [0.2, 0.25) is 0 Å². The first-order chi connectivity index (χ1) is 41.5. The summed E-state index contributed by atoms with van der Waals surface area (Å²) in [6.07, 6.45) is 14.1. The molecule has 2 aromatic carbocycles. The highest BCUT2D eigenvalue weighted by molar-refractivity contribution is 7.14. The fourth-order valence-electron chi connectivity index (χ4n) is 9.38. The molecule has 1 aliphatic heterocycles. The van der Waals surface area contributed by atoms with Crippen LogP contribution in [0.1, 0.15) is 60.8 Å². The summed E-state index contributed by atoms with van der Waals surface area (Å²) in [4.78, 5) is 65.7. The number of pyridine rings is 1. The second-order valence-corrected chi connectivity index (χ2v) is 21.9. The first-order valence-corrected chi connectivity index (χ1v) is 30.1. The number of carbonyl (C=O) groups is 4. The molecule has 1 saturated carbocycles. The summed E-state index contributed by atoms with van der Waals surface area (Å²) in [6, 6.07) is 21.3. The van der Waals surface area contributed by atoms with Gasteiger partial charge in [0.05, 0.1) is 81.8 Å². The van der Waals surface area contributed by atoms with Gasteiger partial charge in [0.1, 0.15) is 18.1 Å². The standard InChI is InChI=1S/C62H81N13O9S/c1-5-11-47(6-2)44-63-60(78)59(56-43-53-12-7-8-27-74(53)68-56)75(52-18-19-52)57(76)24-15-48-13-20-54(21-14-48)83-34-10-9-26-70(3)32-36-81-39-38-80-35-25-50-45-73(69-67-50)33-37-82-40-41-84-55-22-16-49(17-23-55)64-61(79)66-62-65-51(46-85-62)42-58(77)72-30-28-71(4)29-31-72/h5-8,11-14,16-17,20-23,27,43,45-46,52,59H,1-2,9-10,15,18-19,24-26,28-42,44H2,3-4H3,(H,63,78)(H2,64,65,66,79)/b47-11+. The Hall–Kier alpha value is -7.80. The van der Waals surface area contributed by atoms with Gasteiger partial charge in [-0.2, -0.15) is 5.10 Å². The molecule has 8 rings (SSSR count). The topological polar surface area (TPSA) is 224 Å². The molecule has 2 fully saturated rings. The van der Waals surface area contributed by atoms with E-state index in [4.69, 9.17) is 28.8 Å². The number of amides is 5. The number of allylic oxidation sites excluding steroid dienone is 2. The third kappa shape index (κ3) is 21.0. The van der Waals surface area contributed by atoms with Crippen molar-refractivity contribution in [3.63, 3.8) is 0 Å². The molecule has 3 N–H and O–H groups in total. The van der Waals surface area contributed by atoms with Crippen LogP contribution in [0.15, 0.2) is 128 Å². The second kappa shape index (κ2) is 33.6. The van der Waals surface area contributed by atoms with Crippen molar-refractivity contribution in [1.82, 2.24) is 54.5 Å². The number of piperazine rings is 1. The minimum Gasteiger partial charge on any atom is -0.494 e. The number of ether oxygens (including phenoxy) is 5. The lowest BCUT2D eigenvalue weighted by atomic mass is 10.1. The highest BCUT2D eigenvalue weighted by Crippen LogP contribution is 2.36. The largest absolute Gasteiger partial charge is 0.494 e. The van der Waals surface area contributed by atoms with Crippen LogP contribution in [0, 0.1) is 0 Å². The number of rotatable bonds is 37. The van der Waals surface area contributed by atoms with Crippen LogP contribution >= 0.6 is 11.3 Å². The van der Waals surface area contributed by atoms with Crippen LogP contribution in [0.4, 0.5) is 15.6 Å². The van der Waals surface area contributed by atoms with E-state index in [0.717, 1.165) is 80.0 Å². The molecule has 454 valence electrons. The van der Waals surface area contributed by atoms with Gasteiger partial charge < -0.3 is 53.9 Å². The third-order valence-corrected chi connectivity index (χ3v) is 15.2. The van der Waals surface area contributed by atoms with Crippen LogP contribution < -0.4 is 25.4 Å². The first-order valence-electron chi connectivity index (χ1n) is 29.2. The summed E-state index contributed by atoms with van der Waals surface area (Å²) in [5, 5.41) is 24.0. The number of urea groups is 1. The van der Waals surface area contributed by atoms with Gasteiger partial charge in [-0.05, 0) is 118 Å². The van der Waals surface area contributed by atoms with E-state index in [9.17, 15) is 19.2 Å². The Morgan fingerprint density at radius 2 is 1.55 bits per heavy atom. The van der Waals surface area contributed by atoms with Gasteiger partial charge in [0, 0.05) is 81.6 Å². The van der Waals surface area contributed by atoms with E-state index in [1.807, 2.05) is 72.9 Å². The zero-order chi connectivity index (χ0) is 59.6. The van der Waals surface area contributed by atoms with Gasteiger partial charge in [0.15, 0.2) is 11.2 Å². The number of likely N-dealkylation sites (N-methyl/N-ethyl adjacent to an activating group) is 2. The molecule has 0 bridgehead atoms. The quantitative estimate of drug-likeness (QED) is 0.0267. The Morgan fingerprint density at radius 3 is 2.31 bits per heavy atom. The average Bonchev–Trinajstić information content (AvgIpc) is 2.37. The SMILES string of the molecule is C=C/C=C(\C=C)CNC(=O)C(c1cc2ccccn2n1)N(C(=O)CCc1ccc(OCCCCN(C)CCOCCOCCc2cn(CCOCCOc3ccc(NC(=O)Nc4nc(CC(=O)N5CCN(C)CC5)cs4)cc3)nn2)cc1)C1CC1. The number of unbranched alkanes of at least 4 members (excludes halogenated alkanes) is 1. The smallest absolute Gasteiger partial charge is 0.325 e. The lowest BCUT2D eigenvalue weighted by molar-refractivity contribution is -0.141. The van der Waals surface area contributed by atoms with Crippen LogP contribution in [-0.4, -0.2) is 192 Å². The van der Waals surface area contributed by atoms with Gasteiger partial charge in [-0.1, -0.05) is 54.8 Å². The number of hydrogen-bond acceptors (Lipinski definition) is 16. The molecule has 1 atom stereocenters. The molecule has 1 aliphatic carbocycles. The zero-order valence-corrected chi connectivity index (χ0v) is 49.8. The molecule has 5 heterocycles. The summed E-state index contributed by atoms with van der Waals surface area (Å²) >= 11 is 1.28. The molecule has 2 aliphatic rings. The van der Waals surface area contributed by atoms with Crippen molar-refractivity contribution in [2.45, 2.75) is 70.0 Å². The van der Waals surface area contributed by atoms with Gasteiger partial charge in [0.2, 0.25) is 17.7 Å². The van der Waals surface area contributed by atoms with Gasteiger partial charge in [-0.15, -0.1) is 16.4 Å². The Labute approximate surface area is 501 Å². The number of aryl methyl sites for hydroxylation is 1. The number of thiazole rings is 1. The third-order valence-electron chi connectivity index (χ3n) is 14.4. The first kappa shape index (κ1) is 63.2. The minimum absolute atomic E-state index is 0.0222. The number of anilines is 2. The fraction of sp³-hybridized carbons (Fsp3) is 0.452. The predicted molar refractivity (Wildman–Crippen MR) is 327 cm³/mol. The van der Waals surface area contributed by atoms with Crippen molar-refractivity contribution in [1.29, 1.82) is 0 Å². The normalized spacial score (nSPS) is 14.1. The summed E-state index contributed by atoms with van der Waals surface area (Å²) < 4.78 is 32.7. The molecule has 1 saturated heterocycles. The maximum absolute atomic E-state index is 14.0. The minimum atomic E-state index is -0.870. The lowest BCUT2D eigenvalue weighted by Gasteiger charge is -2.32. The Balaban J connectivity index is 0.607. The van der Waals surface area contributed by atoms with E-state index in [2.05, 4.69) is 61.3 Å². The van der Waals surface area contributed by atoms with Crippen LogP contribution in [0.25, 0.3) is 5.52 Å². The van der Waals surface area contributed by atoms with E-state index < -0.39 is 12.1 Å². The number of benzene rings is 2. The lowest BCUT2D eigenvalue weighted by Crippen LogP contribution is -2.47. The monoisotopic (exact) mass is 1180 g/mol. The van der Waals surface area contributed by atoms with Crippen molar-refractivity contribution in [3.05, 3.63) is 150 Å². The number of nitrogens with one attached hydrogen (secondary N) is 3. The van der Waals surface area contributed by atoms with Crippen molar-refractivity contribution in [3.8, 4) is 11.5 Å². The van der Waals surface area contributed by atoms with E-state index >= 15 is 0 Å². The summed E-state index contributed by atoms with van der Waals surface area (Å²) in [5.74, 6) is 1.12. The highest BCUT2D eigenvalue weighted by atomic mass is 32.1. The maximum Gasteiger partial charge on any atom is 0.325 e. The molecule has 5 amide bonds. The Morgan fingerprint density at radius 1 is 0.812 bits per heavy atom. The molecule has 0 spiro atoms. The van der Waals surface area contributed by atoms with Crippen molar-refractivity contribution in [2.75, 3.05) is 123 Å². The molecular formula is C62H81N13O9S. The van der Waals surface area contributed by atoms with Gasteiger partial charge in [-0.25, -0.2) is 19.0 Å². The summed E-state index contributed by atoms with van der Waals surface area (Å²) in [5.41, 5.74) is 5.29. The number of carbonyl (C=O) groups excluding carboxylic acids is 4. The molecule has 23 heteroatoms. The van der Waals surface area contributed by atoms with E-state index in [1.165, 1.54) is 11.3 Å². The average molecular weight is 1180 g/mol. The zero-order valence-electron chi connectivity index (χ0n) is 49.0. The summed E-state index contributed by atoms with van der Waals surface area (Å²) in [7, 11) is 4.14. The van der Waals surface area contributed by atoms with E-state index in [0.29, 0.717) is 113 Å². The molecule has 6 aromatic rings. The van der Waals surface area contributed by atoms with Crippen LogP contribution in [0.3, 0.4) is 0 Å². The van der Waals surface area contributed by atoms with Gasteiger partial charge in [0.25, 0.3) is 0 Å². The molecule has 1 unspecified atom stereocenters. The second-order valence-electron chi connectivity index (χ2n) is 21.0.